The van der Waals surface area contributed by atoms with E-state index in [4.69, 9.17) is 4.98 Å². The fraction of sp³-hybridized carbons (Fsp3) is 0.368. The van der Waals surface area contributed by atoms with Crippen LogP contribution in [-0.4, -0.2) is 15.3 Å². The van der Waals surface area contributed by atoms with Crippen molar-refractivity contribution >= 4 is 33.3 Å². The number of rotatable bonds is 4. The number of thioether (sulfide) groups is 1. The Bertz CT molecular complexity index is 928. The lowest BCUT2D eigenvalue weighted by atomic mass is 9.97. The summed E-state index contributed by atoms with van der Waals surface area (Å²) in [7, 11) is 0. The Kier molecular flexibility index (Phi) is 4.46. The van der Waals surface area contributed by atoms with Crippen molar-refractivity contribution in [3.63, 3.8) is 0 Å². The van der Waals surface area contributed by atoms with Gasteiger partial charge < -0.3 is 0 Å². The van der Waals surface area contributed by atoms with Crippen molar-refractivity contribution in [3.8, 4) is 0 Å². The van der Waals surface area contributed by atoms with Crippen LogP contribution in [0.2, 0.25) is 0 Å². The molecule has 2 heterocycles. The lowest BCUT2D eigenvalue weighted by Gasteiger charge is -2.13. The quantitative estimate of drug-likeness (QED) is 0.510. The second-order valence-corrected chi connectivity index (χ2v) is 8.41. The Balaban J connectivity index is 1.91. The average molecular weight is 357 g/mol. The van der Waals surface area contributed by atoms with Crippen molar-refractivity contribution in [1.29, 1.82) is 0 Å². The van der Waals surface area contributed by atoms with Gasteiger partial charge in [0.25, 0.3) is 5.56 Å². The van der Waals surface area contributed by atoms with Crippen LogP contribution in [0.3, 0.4) is 0 Å². The van der Waals surface area contributed by atoms with E-state index in [0.29, 0.717) is 6.54 Å². The summed E-state index contributed by atoms with van der Waals surface area (Å²) in [5, 5.41) is 1.73. The van der Waals surface area contributed by atoms with Crippen molar-refractivity contribution < 1.29 is 0 Å². The molecular formula is C19H20N2OS2. The van der Waals surface area contributed by atoms with E-state index >= 15 is 0 Å². The molecular weight excluding hydrogens is 336 g/mol. The summed E-state index contributed by atoms with van der Waals surface area (Å²) in [4.78, 5) is 20.5. The zero-order valence-corrected chi connectivity index (χ0v) is 15.4. The number of thiophene rings is 1. The first-order valence-corrected chi connectivity index (χ1v) is 10.3. The van der Waals surface area contributed by atoms with Crippen LogP contribution >= 0.6 is 23.1 Å². The van der Waals surface area contributed by atoms with Gasteiger partial charge in [-0.05, 0) is 42.6 Å². The van der Waals surface area contributed by atoms with Crippen LogP contribution in [0.25, 0.3) is 10.2 Å². The fourth-order valence-electron chi connectivity index (χ4n) is 3.36. The molecule has 1 aliphatic carbocycles. The first-order valence-electron chi connectivity index (χ1n) is 8.49. The molecule has 0 atom stereocenters. The van der Waals surface area contributed by atoms with Crippen molar-refractivity contribution in [2.24, 2.45) is 0 Å². The number of fused-ring (bicyclic) bond motifs is 3. The Morgan fingerprint density at radius 2 is 2.00 bits per heavy atom. The van der Waals surface area contributed by atoms with Gasteiger partial charge in [-0.25, -0.2) is 4.98 Å². The minimum Gasteiger partial charge on any atom is -0.283 e. The zero-order chi connectivity index (χ0) is 16.5. The van der Waals surface area contributed by atoms with E-state index in [-0.39, 0.29) is 5.56 Å². The molecule has 1 aromatic carbocycles. The van der Waals surface area contributed by atoms with Crippen LogP contribution in [0.1, 0.15) is 35.8 Å². The van der Waals surface area contributed by atoms with Gasteiger partial charge in [0.15, 0.2) is 5.16 Å². The topological polar surface area (TPSA) is 34.9 Å². The van der Waals surface area contributed by atoms with Gasteiger partial charge in [-0.1, -0.05) is 49.0 Å². The maximum atomic E-state index is 13.3. The normalized spacial score (nSPS) is 14.0. The predicted molar refractivity (Wildman–Crippen MR) is 102 cm³/mol. The van der Waals surface area contributed by atoms with E-state index < -0.39 is 0 Å². The van der Waals surface area contributed by atoms with Gasteiger partial charge in [0.2, 0.25) is 0 Å². The molecule has 0 bridgehead atoms. The van der Waals surface area contributed by atoms with E-state index in [2.05, 4.69) is 19.1 Å². The highest BCUT2D eigenvalue weighted by Gasteiger charge is 2.22. The van der Waals surface area contributed by atoms with Gasteiger partial charge in [-0.15, -0.1) is 11.3 Å². The molecule has 0 saturated carbocycles. The van der Waals surface area contributed by atoms with Crippen LogP contribution in [0.5, 0.6) is 0 Å². The predicted octanol–water partition coefficient (Wildman–Crippen LogP) is 4.50. The third kappa shape index (κ3) is 2.80. The summed E-state index contributed by atoms with van der Waals surface area (Å²) in [6.07, 6.45) is 4.54. The largest absolute Gasteiger partial charge is 0.283 e. The standard InChI is InChI=1S/C19H20N2OS2/c1-2-23-19-20-17-16(14-10-6-7-11-15(14)24-17)18(22)21(19)12-13-8-4-3-5-9-13/h3-5,8-9H,2,6-7,10-12H2,1H3. The second-order valence-electron chi connectivity index (χ2n) is 6.10. The van der Waals surface area contributed by atoms with Crippen molar-refractivity contribution in [2.75, 3.05) is 5.75 Å². The lowest BCUT2D eigenvalue weighted by Crippen LogP contribution is -2.24. The fourth-order valence-corrected chi connectivity index (χ4v) is 5.39. The molecule has 124 valence electrons. The summed E-state index contributed by atoms with van der Waals surface area (Å²) < 4.78 is 1.87. The maximum Gasteiger partial charge on any atom is 0.263 e. The molecule has 0 radical (unpaired) electrons. The molecule has 1 aliphatic rings. The third-order valence-corrected chi connectivity index (χ3v) is 6.54. The van der Waals surface area contributed by atoms with Gasteiger partial charge in [0.05, 0.1) is 11.9 Å². The van der Waals surface area contributed by atoms with Crippen LogP contribution < -0.4 is 5.56 Å². The maximum absolute atomic E-state index is 13.3. The number of aryl methyl sites for hydroxylation is 2. The molecule has 0 saturated heterocycles. The van der Waals surface area contributed by atoms with Gasteiger partial charge in [-0.2, -0.15) is 0 Å². The summed E-state index contributed by atoms with van der Waals surface area (Å²) in [6, 6.07) is 10.2. The average Bonchev–Trinajstić information content (AvgIpc) is 2.98. The van der Waals surface area contributed by atoms with Crippen LogP contribution in [-0.2, 0) is 19.4 Å². The van der Waals surface area contributed by atoms with Gasteiger partial charge in [0, 0.05) is 4.88 Å². The number of hydrogen-bond acceptors (Lipinski definition) is 4. The van der Waals surface area contributed by atoms with Crippen molar-refractivity contribution in [2.45, 2.75) is 44.3 Å². The van der Waals surface area contributed by atoms with Crippen molar-refractivity contribution in [1.82, 2.24) is 9.55 Å². The molecule has 4 rings (SSSR count). The van der Waals surface area contributed by atoms with Crippen LogP contribution in [0.15, 0.2) is 40.3 Å². The second kappa shape index (κ2) is 6.73. The van der Waals surface area contributed by atoms with E-state index in [0.717, 1.165) is 39.5 Å². The molecule has 24 heavy (non-hydrogen) atoms. The van der Waals surface area contributed by atoms with Gasteiger partial charge in [-0.3, -0.25) is 9.36 Å². The smallest absolute Gasteiger partial charge is 0.263 e. The Morgan fingerprint density at radius 1 is 1.21 bits per heavy atom. The first kappa shape index (κ1) is 15.9. The monoisotopic (exact) mass is 356 g/mol. The highest BCUT2D eigenvalue weighted by atomic mass is 32.2. The lowest BCUT2D eigenvalue weighted by molar-refractivity contribution is 0.656. The molecule has 0 fully saturated rings. The summed E-state index contributed by atoms with van der Waals surface area (Å²) in [5.74, 6) is 0.915. The highest BCUT2D eigenvalue weighted by Crippen LogP contribution is 2.34. The minimum absolute atomic E-state index is 0.138. The first-order chi connectivity index (χ1) is 11.8. The van der Waals surface area contributed by atoms with Crippen LogP contribution in [0, 0.1) is 0 Å². The molecule has 0 unspecified atom stereocenters. The SMILES string of the molecule is CCSc1nc2sc3c(c2c(=O)n1Cc1ccccc1)CCCC3. The number of nitrogens with zero attached hydrogens (tertiary/aromatic N) is 2. The van der Waals surface area contributed by atoms with Crippen LogP contribution in [0.4, 0.5) is 0 Å². The summed E-state index contributed by atoms with van der Waals surface area (Å²) in [6.45, 7) is 2.70. The molecule has 2 aromatic heterocycles. The molecule has 0 N–H and O–H groups in total. The number of aromatic nitrogens is 2. The Hall–Kier alpha value is -1.59. The summed E-state index contributed by atoms with van der Waals surface area (Å²) >= 11 is 3.39. The van der Waals surface area contributed by atoms with E-state index in [1.807, 2.05) is 22.8 Å². The zero-order valence-electron chi connectivity index (χ0n) is 13.7. The molecule has 3 aromatic rings. The third-order valence-electron chi connectivity index (χ3n) is 4.50. The molecule has 0 spiro atoms. The van der Waals surface area contributed by atoms with Crippen molar-refractivity contribution in [3.05, 3.63) is 56.7 Å². The summed E-state index contributed by atoms with van der Waals surface area (Å²) in [5.41, 5.74) is 2.55. The molecule has 3 nitrogen and oxygen atoms in total. The van der Waals surface area contributed by atoms with E-state index in [1.165, 1.54) is 23.3 Å². The van der Waals surface area contributed by atoms with Gasteiger partial charge >= 0.3 is 0 Å². The number of hydrogen-bond donors (Lipinski definition) is 0. The van der Waals surface area contributed by atoms with E-state index in [1.54, 1.807) is 23.1 Å². The van der Waals surface area contributed by atoms with E-state index in [9.17, 15) is 4.79 Å². The number of benzene rings is 1. The molecule has 0 aliphatic heterocycles. The molecule has 5 heteroatoms. The minimum atomic E-state index is 0.138. The Labute approximate surface area is 149 Å². The Morgan fingerprint density at radius 3 is 2.79 bits per heavy atom. The highest BCUT2D eigenvalue weighted by molar-refractivity contribution is 7.99. The van der Waals surface area contributed by atoms with Gasteiger partial charge in [0.1, 0.15) is 4.83 Å². The molecule has 0 amide bonds.